The summed E-state index contributed by atoms with van der Waals surface area (Å²) in [6.07, 6.45) is 2.73. The molecule has 1 rings (SSSR count). The van der Waals surface area contributed by atoms with Crippen molar-refractivity contribution < 1.29 is 13.6 Å². The summed E-state index contributed by atoms with van der Waals surface area (Å²) >= 11 is 0.209. The molecular weight excluding hydrogens is 198 g/mol. The molecule has 0 fully saturated rings. The summed E-state index contributed by atoms with van der Waals surface area (Å²) < 4.78 is 27.0. The fraction of sp³-hybridized carbons (Fsp3) is 0.429. The third-order valence-electron chi connectivity index (χ3n) is 1.34. The minimum atomic E-state index is -3.36. The van der Waals surface area contributed by atoms with Crippen molar-refractivity contribution in [2.75, 3.05) is 0 Å². The number of hydrogen-bond donors (Lipinski definition) is 0. The van der Waals surface area contributed by atoms with E-state index in [0.29, 0.717) is 0 Å². The maximum atomic E-state index is 12.8. The van der Waals surface area contributed by atoms with Crippen molar-refractivity contribution >= 4 is 17.5 Å². The Morgan fingerprint density at radius 3 is 2.69 bits per heavy atom. The van der Waals surface area contributed by atoms with Crippen molar-refractivity contribution in [3.8, 4) is 0 Å². The Bertz CT molecular complexity index is 324. The zero-order valence-corrected chi connectivity index (χ0v) is 7.94. The summed E-state index contributed by atoms with van der Waals surface area (Å²) in [4.78, 5) is 10.8. The summed E-state index contributed by atoms with van der Waals surface area (Å²) in [5.74, 6) is -1.15. The standard InChI is InChI=1S/C7H8F2N2OS/c1-5(12)7(8,9)13-6-3-10-11(2)4-6/h3-4H,1-2H3. The third-order valence-corrected chi connectivity index (χ3v) is 2.33. The Balaban J connectivity index is 2.74. The van der Waals surface area contributed by atoms with Gasteiger partial charge in [0.05, 0.1) is 11.1 Å². The van der Waals surface area contributed by atoms with E-state index in [-0.39, 0.29) is 16.7 Å². The second-order valence-corrected chi connectivity index (χ2v) is 3.71. The van der Waals surface area contributed by atoms with Crippen molar-refractivity contribution in [1.29, 1.82) is 0 Å². The lowest BCUT2D eigenvalue weighted by Crippen LogP contribution is -2.20. The number of ketones is 1. The average Bonchev–Trinajstić information content (AvgIpc) is 2.34. The highest BCUT2D eigenvalue weighted by molar-refractivity contribution is 8.01. The molecule has 0 aliphatic carbocycles. The van der Waals surface area contributed by atoms with Crippen LogP contribution in [0.5, 0.6) is 0 Å². The number of rotatable bonds is 3. The van der Waals surface area contributed by atoms with Gasteiger partial charge in [0, 0.05) is 20.2 Å². The second kappa shape index (κ2) is 3.45. The molecule has 0 amide bonds. The SMILES string of the molecule is CC(=O)C(F)(F)Sc1cnn(C)c1. The predicted molar refractivity (Wildman–Crippen MR) is 44.7 cm³/mol. The Labute approximate surface area is 78.1 Å². The molecule has 1 heterocycles. The predicted octanol–water partition coefficient (Wildman–Crippen LogP) is 1.69. The first-order valence-electron chi connectivity index (χ1n) is 3.48. The smallest absolute Gasteiger partial charge is 0.292 e. The van der Waals surface area contributed by atoms with Crippen LogP contribution in [0.25, 0.3) is 0 Å². The fourth-order valence-corrected chi connectivity index (χ4v) is 1.42. The minimum Gasteiger partial charge on any atom is -0.292 e. The van der Waals surface area contributed by atoms with Crippen LogP contribution in [0, 0.1) is 0 Å². The van der Waals surface area contributed by atoms with Crippen LogP contribution in [-0.4, -0.2) is 20.8 Å². The van der Waals surface area contributed by atoms with Gasteiger partial charge in [-0.25, -0.2) is 0 Å². The molecule has 0 saturated carbocycles. The number of hydrogen-bond acceptors (Lipinski definition) is 3. The van der Waals surface area contributed by atoms with Gasteiger partial charge < -0.3 is 0 Å². The van der Waals surface area contributed by atoms with E-state index in [0.717, 1.165) is 6.92 Å². The number of aromatic nitrogens is 2. The van der Waals surface area contributed by atoms with Crippen LogP contribution in [0.15, 0.2) is 17.3 Å². The van der Waals surface area contributed by atoms with E-state index in [1.807, 2.05) is 0 Å². The summed E-state index contributed by atoms with van der Waals surface area (Å²) in [6, 6.07) is 0. The summed E-state index contributed by atoms with van der Waals surface area (Å²) in [6.45, 7) is 0.864. The van der Waals surface area contributed by atoms with Gasteiger partial charge in [-0.1, -0.05) is 0 Å². The summed E-state index contributed by atoms with van der Waals surface area (Å²) in [5.41, 5.74) is 0. The van der Waals surface area contributed by atoms with Crippen LogP contribution in [0.2, 0.25) is 0 Å². The first-order chi connectivity index (χ1) is 5.92. The fourth-order valence-electron chi connectivity index (χ4n) is 0.671. The zero-order chi connectivity index (χ0) is 10.1. The molecule has 0 aliphatic rings. The molecule has 1 aromatic rings. The van der Waals surface area contributed by atoms with E-state index in [2.05, 4.69) is 5.10 Å². The molecule has 0 N–H and O–H groups in total. The lowest BCUT2D eigenvalue weighted by atomic mass is 10.5. The molecule has 72 valence electrons. The van der Waals surface area contributed by atoms with Crippen LogP contribution >= 0.6 is 11.8 Å². The number of Topliss-reactive ketones (excluding diaryl/α,β-unsaturated/α-hetero) is 1. The van der Waals surface area contributed by atoms with Gasteiger partial charge in [-0.05, 0) is 11.8 Å². The first kappa shape index (κ1) is 10.2. The van der Waals surface area contributed by atoms with Crippen molar-refractivity contribution in [1.82, 2.24) is 9.78 Å². The monoisotopic (exact) mass is 206 g/mol. The number of nitrogens with zero attached hydrogens (tertiary/aromatic N) is 2. The van der Waals surface area contributed by atoms with Gasteiger partial charge in [-0.15, -0.1) is 0 Å². The largest absolute Gasteiger partial charge is 0.355 e. The second-order valence-electron chi connectivity index (χ2n) is 2.52. The lowest BCUT2D eigenvalue weighted by Gasteiger charge is -2.09. The molecule has 6 heteroatoms. The summed E-state index contributed by atoms with van der Waals surface area (Å²) in [5, 5.41) is 0.353. The normalized spacial score (nSPS) is 11.7. The van der Waals surface area contributed by atoms with Crippen molar-refractivity contribution in [3.05, 3.63) is 12.4 Å². The van der Waals surface area contributed by atoms with Gasteiger partial charge in [0.15, 0.2) is 0 Å². The van der Waals surface area contributed by atoms with Gasteiger partial charge in [0.2, 0.25) is 5.78 Å². The van der Waals surface area contributed by atoms with E-state index in [1.54, 1.807) is 7.05 Å². The number of halogens is 2. The molecule has 3 nitrogen and oxygen atoms in total. The molecule has 0 atom stereocenters. The van der Waals surface area contributed by atoms with Gasteiger partial charge in [-0.2, -0.15) is 13.9 Å². The maximum absolute atomic E-state index is 12.8. The van der Waals surface area contributed by atoms with E-state index < -0.39 is 11.0 Å². The molecule has 0 aliphatic heterocycles. The molecular formula is C7H8F2N2OS. The van der Waals surface area contributed by atoms with Crippen molar-refractivity contribution in [2.24, 2.45) is 7.05 Å². The van der Waals surface area contributed by atoms with E-state index in [9.17, 15) is 13.6 Å². The summed E-state index contributed by atoms with van der Waals surface area (Å²) in [7, 11) is 1.62. The van der Waals surface area contributed by atoms with E-state index in [4.69, 9.17) is 0 Å². The Hall–Kier alpha value is -0.910. The minimum absolute atomic E-state index is 0.209. The lowest BCUT2D eigenvalue weighted by molar-refractivity contribution is -0.130. The third kappa shape index (κ3) is 2.51. The molecule has 0 radical (unpaired) electrons. The van der Waals surface area contributed by atoms with Crippen LogP contribution in [-0.2, 0) is 11.8 Å². The van der Waals surface area contributed by atoms with Crippen molar-refractivity contribution in [3.63, 3.8) is 0 Å². The van der Waals surface area contributed by atoms with E-state index in [1.165, 1.54) is 17.1 Å². The number of thioether (sulfide) groups is 1. The Morgan fingerprint density at radius 1 is 1.69 bits per heavy atom. The molecule has 0 spiro atoms. The van der Waals surface area contributed by atoms with E-state index >= 15 is 0 Å². The highest BCUT2D eigenvalue weighted by atomic mass is 32.2. The topological polar surface area (TPSA) is 34.9 Å². The first-order valence-corrected chi connectivity index (χ1v) is 4.30. The molecule has 0 bridgehead atoms. The van der Waals surface area contributed by atoms with Crippen LogP contribution in [0.4, 0.5) is 8.78 Å². The number of aryl methyl sites for hydroxylation is 1. The van der Waals surface area contributed by atoms with Crippen LogP contribution in [0.1, 0.15) is 6.92 Å². The van der Waals surface area contributed by atoms with Crippen molar-refractivity contribution in [2.45, 2.75) is 17.1 Å². The quantitative estimate of drug-likeness (QED) is 0.706. The van der Waals surface area contributed by atoms with Gasteiger partial charge in [0.25, 0.3) is 0 Å². The highest BCUT2D eigenvalue weighted by Crippen LogP contribution is 2.35. The van der Waals surface area contributed by atoms with Gasteiger partial charge in [-0.3, -0.25) is 9.48 Å². The number of carbonyl (C=O) groups excluding carboxylic acids is 1. The number of alkyl halides is 2. The van der Waals surface area contributed by atoms with Crippen LogP contribution < -0.4 is 0 Å². The molecule has 0 saturated heterocycles. The molecule has 13 heavy (non-hydrogen) atoms. The Kier molecular flexibility index (Phi) is 2.70. The Morgan fingerprint density at radius 2 is 2.31 bits per heavy atom. The number of carbonyl (C=O) groups is 1. The maximum Gasteiger partial charge on any atom is 0.355 e. The molecule has 1 aromatic heterocycles. The van der Waals surface area contributed by atoms with Gasteiger partial charge >= 0.3 is 5.25 Å². The molecule has 0 unspecified atom stereocenters. The average molecular weight is 206 g/mol. The van der Waals surface area contributed by atoms with Gasteiger partial charge in [0.1, 0.15) is 0 Å². The van der Waals surface area contributed by atoms with Crippen LogP contribution in [0.3, 0.4) is 0 Å². The molecule has 0 aromatic carbocycles. The zero-order valence-electron chi connectivity index (χ0n) is 7.12. The highest BCUT2D eigenvalue weighted by Gasteiger charge is 2.36.